The molecule has 1 aliphatic heterocycles. The quantitative estimate of drug-likeness (QED) is 0.484. The molecule has 3 rings (SSSR count). The molecule has 10 heteroatoms. The van der Waals surface area contributed by atoms with E-state index >= 15 is 0 Å². The minimum absolute atomic E-state index is 0.179. The summed E-state index contributed by atoms with van der Waals surface area (Å²) in [4.78, 5) is 14.7. The number of hydrogen-bond donors (Lipinski definition) is 0. The van der Waals surface area contributed by atoms with Crippen molar-refractivity contribution in [1.29, 1.82) is 0 Å². The van der Waals surface area contributed by atoms with Gasteiger partial charge in [-0.25, -0.2) is 8.42 Å². The number of carbonyl (C=O) groups is 1. The Bertz CT molecular complexity index is 1030. The molecule has 2 aromatic rings. The van der Waals surface area contributed by atoms with Crippen molar-refractivity contribution in [2.75, 3.05) is 60.2 Å². The molecule has 0 radical (unpaired) electrons. The second-order valence-corrected chi connectivity index (χ2v) is 9.22. The molecule has 0 saturated carbocycles. The zero-order valence-electron chi connectivity index (χ0n) is 19.2. The van der Waals surface area contributed by atoms with Crippen LogP contribution < -0.4 is 14.2 Å². The van der Waals surface area contributed by atoms with Crippen LogP contribution in [0.1, 0.15) is 17.3 Å². The average Bonchev–Trinajstić information content (AvgIpc) is 2.86. The molecule has 1 aliphatic rings. The summed E-state index contributed by atoms with van der Waals surface area (Å²) in [6.07, 6.45) is 0. The van der Waals surface area contributed by atoms with Gasteiger partial charge in [0.1, 0.15) is 12.4 Å². The molecule has 0 unspecified atom stereocenters. The second kappa shape index (κ2) is 11.4. The predicted octanol–water partition coefficient (Wildman–Crippen LogP) is 2.27. The minimum Gasteiger partial charge on any atom is -0.493 e. The zero-order chi connectivity index (χ0) is 23.8. The van der Waals surface area contributed by atoms with E-state index < -0.39 is 10.0 Å². The lowest BCUT2D eigenvalue weighted by molar-refractivity contribution is 0.0697. The molecule has 33 heavy (non-hydrogen) atoms. The predicted molar refractivity (Wildman–Crippen MR) is 123 cm³/mol. The first-order chi connectivity index (χ1) is 15.9. The Morgan fingerprint density at radius 1 is 0.909 bits per heavy atom. The number of hydrogen-bond acceptors (Lipinski definition) is 7. The fraction of sp³-hybridized carbons (Fsp3) is 0.435. The summed E-state index contributed by atoms with van der Waals surface area (Å²) in [5, 5.41) is 0. The van der Waals surface area contributed by atoms with Crippen LogP contribution in [0.5, 0.6) is 17.2 Å². The molecule has 1 fully saturated rings. The van der Waals surface area contributed by atoms with Gasteiger partial charge in [0.05, 0.1) is 25.7 Å². The maximum atomic E-state index is 13.0. The van der Waals surface area contributed by atoms with Crippen LogP contribution in [-0.4, -0.2) is 83.7 Å². The van der Waals surface area contributed by atoms with Gasteiger partial charge in [-0.2, -0.15) is 4.31 Å². The summed E-state index contributed by atoms with van der Waals surface area (Å²) in [6.45, 7) is 4.43. The van der Waals surface area contributed by atoms with Gasteiger partial charge in [0.15, 0.2) is 11.5 Å². The number of methoxy groups -OCH3 is 2. The van der Waals surface area contributed by atoms with Gasteiger partial charge >= 0.3 is 0 Å². The molecule has 2 aromatic carbocycles. The number of carbonyl (C=O) groups excluding carboxylic acids is 1. The second-order valence-electron chi connectivity index (χ2n) is 7.28. The smallest absolute Gasteiger partial charge is 0.254 e. The highest BCUT2D eigenvalue weighted by molar-refractivity contribution is 7.89. The highest BCUT2D eigenvalue weighted by atomic mass is 32.2. The van der Waals surface area contributed by atoms with Crippen molar-refractivity contribution < 1.29 is 32.2 Å². The summed E-state index contributed by atoms with van der Waals surface area (Å²) in [6, 6.07) is 11.3. The Kier molecular flexibility index (Phi) is 8.54. The van der Waals surface area contributed by atoms with Gasteiger partial charge in [-0.15, -0.1) is 0 Å². The van der Waals surface area contributed by atoms with Crippen LogP contribution in [0, 0.1) is 0 Å². The van der Waals surface area contributed by atoms with Crippen molar-refractivity contribution in [2.24, 2.45) is 0 Å². The molecule has 0 spiro atoms. The van der Waals surface area contributed by atoms with E-state index in [9.17, 15) is 13.2 Å². The number of sulfonamides is 1. The normalized spacial score (nSPS) is 14.7. The van der Waals surface area contributed by atoms with Crippen LogP contribution in [0.15, 0.2) is 47.4 Å². The summed E-state index contributed by atoms with van der Waals surface area (Å²) < 4.78 is 48.7. The summed E-state index contributed by atoms with van der Waals surface area (Å²) >= 11 is 0. The highest BCUT2D eigenvalue weighted by Crippen LogP contribution is 2.28. The van der Waals surface area contributed by atoms with E-state index in [2.05, 4.69) is 0 Å². The fourth-order valence-corrected chi connectivity index (χ4v) is 4.93. The largest absolute Gasteiger partial charge is 0.493 e. The van der Waals surface area contributed by atoms with Gasteiger partial charge in [0, 0.05) is 38.3 Å². The molecule has 9 nitrogen and oxygen atoms in total. The van der Waals surface area contributed by atoms with Crippen molar-refractivity contribution >= 4 is 15.9 Å². The Morgan fingerprint density at radius 3 is 2.18 bits per heavy atom. The lowest BCUT2D eigenvalue weighted by Gasteiger charge is -2.34. The van der Waals surface area contributed by atoms with E-state index in [1.54, 1.807) is 35.2 Å². The highest BCUT2D eigenvalue weighted by Gasteiger charge is 2.30. The number of nitrogens with zero attached hydrogens (tertiary/aromatic N) is 2. The van der Waals surface area contributed by atoms with E-state index in [1.165, 1.54) is 30.7 Å². The maximum absolute atomic E-state index is 13.0. The van der Waals surface area contributed by atoms with Crippen LogP contribution in [-0.2, 0) is 14.8 Å². The monoisotopic (exact) mass is 478 g/mol. The number of ether oxygens (including phenoxy) is 4. The van der Waals surface area contributed by atoms with Crippen molar-refractivity contribution in [1.82, 2.24) is 9.21 Å². The molecule has 180 valence electrons. The first-order valence-corrected chi connectivity index (χ1v) is 12.2. The molecule has 0 bridgehead atoms. The number of amides is 1. The molecule has 0 atom stereocenters. The minimum atomic E-state index is -3.66. The van der Waals surface area contributed by atoms with Crippen LogP contribution in [0.2, 0.25) is 0 Å². The van der Waals surface area contributed by atoms with Crippen LogP contribution in [0.4, 0.5) is 0 Å². The summed E-state index contributed by atoms with van der Waals surface area (Å²) in [7, 11) is -0.624. The van der Waals surface area contributed by atoms with Gasteiger partial charge in [-0.3, -0.25) is 4.79 Å². The van der Waals surface area contributed by atoms with E-state index in [4.69, 9.17) is 18.9 Å². The van der Waals surface area contributed by atoms with Gasteiger partial charge < -0.3 is 23.8 Å². The lowest BCUT2D eigenvalue weighted by atomic mass is 10.1. The third kappa shape index (κ3) is 5.95. The van der Waals surface area contributed by atoms with Gasteiger partial charge in [-0.1, -0.05) is 0 Å². The molecule has 0 aliphatic carbocycles. The van der Waals surface area contributed by atoms with Crippen LogP contribution in [0.25, 0.3) is 0 Å². The molecular weight excluding hydrogens is 448 g/mol. The standard InChI is InChI=1S/C23H30N2O7S/c1-4-31-15-16-32-19-6-8-20(9-7-19)33(27,28)25-13-11-24(12-14-25)23(26)18-5-10-21(29-2)22(17-18)30-3/h5-10,17H,4,11-16H2,1-3H3. The van der Waals surface area contributed by atoms with Crippen molar-refractivity contribution in [3.05, 3.63) is 48.0 Å². The topological polar surface area (TPSA) is 94.6 Å². The number of piperazine rings is 1. The van der Waals surface area contributed by atoms with Gasteiger partial charge in [-0.05, 0) is 49.4 Å². The van der Waals surface area contributed by atoms with Crippen LogP contribution in [0.3, 0.4) is 0 Å². The van der Waals surface area contributed by atoms with Crippen LogP contribution >= 0.6 is 0 Å². The van der Waals surface area contributed by atoms with Gasteiger partial charge in [0.25, 0.3) is 5.91 Å². The van der Waals surface area contributed by atoms with E-state index in [0.717, 1.165) is 0 Å². The Labute approximate surface area is 194 Å². The number of rotatable bonds is 10. The van der Waals surface area contributed by atoms with E-state index in [0.29, 0.717) is 55.7 Å². The zero-order valence-corrected chi connectivity index (χ0v) is 20.0. The molecule has 0 N–H and O–H groups in total. The molecular formula is C23H30N2O7S. The third-order valence-corrected chi connectivity index (χ3v) is 7.23. The molecule has 0 aromatic heterocycles. The molecule has 1 saturated heterocycles. The first-order valence-electron chi connectivity index (χ1n) is 10.7. The number of benzene rings is 2. The SMILES string of the molecule is CCOCCOc1ccc(S(=O)(=O)N2CCN(C(=O)c3ccc(OC)c(OC)c3)CC2)cc1. The van der Waals surface area contributed by atoms with E-state index in [-0.39, 0.29) is 23.9 Å². The Balaban J connectivity index is 1.60. The van der Waals surface area contributed by atoms with Crippen molar-refractivity contribution in [2.45, 2.75) is 11.8 Å². The Morgan fingerprint density at radius 2 is 1.58 bits per heavy atom. The summed E-state index contributed by atoms with van der Waals surface area (Å²) in [5.41, 5.74) is 0.462. The third-order valence-electron chi connectivity index (χ3n) is 5.32. The molecule has 1 heterocycles. The Hall–Kier alpha value is -2.82. The fourth-order valence-electron chi connectivity index (χ4n) is 3.50. The first kappa shape index (κ1) is 24.8. The lowest BCUT2D eigenvalue weighted by Crippen LogP contribution is -2.50. The van der Waals surface area contributed by atoms with Crippen molar-refractivity contribution in [3.8, 4) is 17.2 Å². The molecule has 1 amide bonds. The maximum Gasteiger partial charge on any atom is 0.254 e. The van der Waals surface area contributed by atoms with Gasteiger partial charge in [0.2, 0.25) is 10.0 Å². The summed E-state index contributed by atoms with van der Waals surface area (Å²) in [5.74, 6) is 1.41. The average molecular weight is 479 g/mol. The van der Waals surface area contributed by atoms with E-state index in [1.807, 2.05) is 6.92 Å². The van der Waals surface area contributed by atoms with Crippen molar-refractivity contribution in [3.63, 3.8) is 0 Å².